The maximum absolute atomic E-state index is 6.24. The summed E-state index contributed by atoms with van der Waals surface area (Å²) in [7, 11) is 2.15. The number of rotatable bonds is 7. The minimum Gasteiger partial charge on any atom is -0.375 e. The molecule has 0 bridgehead atoms. The van der Waals surface area contributed by atoms with Crippen LogP contribution in [0.4, 0.5) is 5.69 Å². The molecule has 2 aromatic carbocycles. The van der Waals surface area contributed by atoms with Gasteiger partial charge in [0, 0.05) is 25.3 Å². The van der Waals surface area contributed by atoms with E-state index in [2.05, 4.69) is 67.4 Å². The van der Waals surface area contributed by atoms with Crippen molar-refractivity contribution in [2.24, 2.45) is 5.73 Å². The van der Waals surface area contributed by atoms with E-state index in [-0.39, 0.29) is 6.04 Å². The van der Waals surface area contributed by atoms with Crippen LogP contribution in [0.2, 0.25) is 0 Å². The maximum Gasteiger partial charge on any atom is 0.0363 e. The summed E-state index contributed by atoms with van der Waals surface area (Å²) in [5.41, 5.74) is 10.1. The number of aryl methyl sites for hydroxylation is 1. The third-order valence-corrected chi connectivity index (χ3v) is 4.02. The highest BCUT2D eigenvalue weighted by Crippen LogP contribution is 2.18. The van der Waals surface area contributed by atoms with Crippen molar-refractivity contribution in [3.63, 3.8) is 0 Å². The van der Waals surface area contributed by atoms with Crippen LogP contribution in [-0.4, -0.2) is 13.6 Å². The van der Waals surface area contributed by atoms with Crippen molar-refractivity contribution < 1.29 is 0 Å². The molecule has 2 nitrogen and oxygen atoms in total. The normalized spacial score (nSPS) is 12.1. The van der Waals surface area contributed by atoms with E-state index >= 15 is 0 Å². The Hall–Kier alpha value is -1.80. The molecule has 2 aromatic rings. The summed E-state index contributed by atoms with van der Waals surface area (Å²) in [6.07, 6.45) is 3.21. The molecular weight excluding hydrogens is 256 g/mol. The number of anilines is 1. The molecular formula is C19H26N2. The lowest BCUT2D eigenvalue weighted by molar-refractivity contribution is 0.609. The Kier molecular flexibility index (Phi) is 5.82. The van der Waals surface area contributed by atoms with E-state index in [4.69, 9.17) is 5.73 Å². The standard InChI is InChI=1S/C19H26N2/c1-3-16-11-13-18(14-12-16)21(2)15-7-10-19(20)17-8-5-4-6-9-17/h4-6,8-9,11-14,19H,3,7,10,15,20H2,1-2H3. The van der Waals surface area contributed by atoms with Crippen LogP contribution in [0.3, 0.4) is 0 Å². The van der Waals surface area contributed by atoms with Crippen LogP contribution in [0.5, 0.6) is 0 Å². The van der Waals surface area contributed by atoms with Gasteiger partial charge in [0.2, 0.25) is 0 Å². The summed E-state index contributed by atoms with van der Waals surface area (Å²) in [6.45, 7) is 3.22. The zero-order valence-corrected chi connectivity index (χ0v) is 13.1. The fourth-order valence-corrected chi connectivity index (χ4v) is 2.53. The Bertz CT molecular complexity index is 519. The molecule has 0 spiro atoms. The van der Waals surface area contributed by atoms with Gasteiger partial charge in [-0.15, -0.1) is 0 Å². The monoisotopic (exact) mass is 282 g/mol. The second-order valence-electron chi connectivity index (χ2n) is 5.60. The summed E-state index contributed by atoms with van der Waals surface area (Å²) in [5, 5.41) is 0. The van der Waals surface area contributed by atoms with Gasteiger partial charge >= 0.3 is 0 Å². The number of hydrogen-bond acceptors (Lipinski definition) is 2. The first-order chi connectivity index (χ1) is 10.2. The smallest absolute Gasteiger partial charge is 0.0363 e. The highest BCUT2D eigenvalue weighted by atomic mass is 15.1. The second kappa shape index (κ2) is 7.84. The zero-order chi connectivity index (χ0) is 15.1. The third-order valence-electron chi connectivity index (χ3n) is 4.02. The summed E-state index contributed by atoms with van der Waals surface area (Å²) in [5.74, 6) is 0. The molecule has 1 atom stereocenters. The molecule has 0 aliphatic carbocycles. The van der Waals surface area contributed by atoms with E-state index in [1.807, 2.05) is 6.07 Å². The molecule has 0 fully saturated rings. The van der Waals surface area contributed by atoms with Crippen molar-refractivity contribution >= 4 is 5.69 Å². The van der Waals surface area contributed by atoms with E-state index in [1.165, 1.54) is 16.8 Å². The Morgan fingerprint density at radius 3 is 2.29 bits per heavy atom. The summed E-state index contributed by atoms with van der Waals surface area (Å²) in [6, 6.07) is 19.3. The second-order valence-corrected chi connectivity index (χ2v) is 5.60. The molecule has 2 heteroatoms. The van der Waals surface area contributed by atoms with E-state index in [0.717, 1.165) is 25.8 Å². The van der Waals surface area contributed by atoms with Gasteiger partial charge in [0.15, 0.2) is 0 Å². The minimum atomic E-state index is 0.141. The van der Waals surface area contributed by atoms with Crippen LogP contribution in [0.25, 0.3) is 0 Å². The van der Waals surface area contributed by atoms with Gasteiger partial charge < -0.3 is 10.6 Å². The lowest BCUT2D eigenvalue weighted by Crippen LogP contribution is -2.20. The van der Waals surface area contributed by atoms with Crippen LogP contribution >= 0.6 is 0 Å². The van der Waals surface area contributed by atoms with E-state index < -0.39 is 0 Å². The SMILES string of the molecule is CCc1ccc(N(C)CCCC(N)c2ccccc2)cc1. The molecule has 1 unspecified atom stereocenters. The Morgan fingerprint density at radius 2 is 1.67 bits per heavy atom. The number of benzene rings is 2. The van der Waals surface area contributed by atoms with Crippen LogP contribution in [0.15, 0.2) is 54.6 Å². The molecule has 0 amide bonds. The molecule has 0 aliphatic rings. The summed E-state index contributed by atoms with van der Waals surface area (Å²) in [4.78, 5) is 2.30. The molecule has 0 radical (unpaired) electrons. The first-order valence-electron chi connectivity index (χ1n) is 7.81. The van der Waals surface area contributed by atoms with E-state index in [0.29, 0.717) is 0 Å². The average Bonchev–Trinajstić information content (AvgIpc) is 2.55. The molecule has 21 heavy (non-hydrogen) atoms. The predicted octanol–water partition coefficient (Wildman–Crippen LogP) is 4.17. The zero-order valence-electron chi connectivity index (χ0n) is 13.1. The molecule has 0 heterocycles. The van der Waals surface area contributed by atoms with Crippen LogP contribution < -0.4 is 10.6 Å². The molecule has 0 saturated carbocycles. The van der Waals surface area contributed by atoms with Gasteiger partial charge in [-0.3, -0.25) is 0 Å². The van der Waals surface area contributed by atoms with Crippen molar-refractivity contribution in [3.05, 3.63) is 65.7 Å². The maximum atomic E-state index is 6.24. The lowest BCUT2D eigenvalue weighted by atomic mass is 10.0. The largest absolute Gasteiger partial charge is 0.375 e. The topological polar surface area (TPSA) is 29.3 Å². The van der Waals surface area contributed by atoms with Crippen LogP contribution in [-0.2, 0) is 6.42 Å². The number of hydrogen-bond donors (Lipinski definition) is 1. The van der Waals surface area contributed by atoms with Gasteiger partial charge in [-0.1, -0.05) is 49.4 Å². The number of nitrogens with zero attached hydrogens (tertiary/aromatic N) is 1. The van der Waals surface area contributed by atoms with Gasteiger partial charge in [0.25, 0.3) is 0 Å². The first kappa shape index (κ1) is 15.6. The van der Waals surface area contributed by atoms with Crippen LogP contribution in [0.1, 0.15) is 36.9 Å². The fraction of sp³-hybridized carbons (Fsp3) is 0.368. The van der Waals surface area contributed by atoms with Crippen LogP contribution in [0, 0.1) is 0 Å². The van der Waals surface area contributed by atoms with Gasteiger partial charge in [-0.05, 0) is 42.5 Å². The quantitative estimate of drug-likeness (QED) is 0.826. The first-order valence-corrected chi connectivity index (χ1v) is 7.81. The van der Waals surface area contributed by atoms with Gasteiger partial charge in [-0.25, -0.2) is 0 Å². The Labute approximate surface area is 128 Å². The van der Waals surface area contributed by atoms with Gasteiger partial charge in [-0.2, -0.15) is 0 Å². The van der Waals surface area contributed by atoms with Crippen molar-refractivity contribution in [2.45, 2.75) is 32.2 Å². The van der Waals surface area contributed by atoms with E-state index in [9.17, 15) is 0 Å². The summed E-state index contributed by atoms with van der Waals surface area (Å²) >= 11 is 0. The molecule has 0 aliphatic heterocycles. The fourth-order valence-electron chi connectivity index (χ4n) is 2.53. The third kappa shape index (κ3) is 4.61. The highest BCUT2D eigenvalue weighted by Gasteiger charge is 2.06. The van der Waals surface area contributed by atoms with Gasteiger partial charge in [0.1, 0.15) is 0 Å². The molecule has 0 aromatic heterocycles. The van der Waals surface area contributed by atoms with E-state index in [1.54, 1.807) is 0 Å². The van der Waals surface area contributed by atoms with Crippen molar-refractivity contribution in [3.8, 4) is 0 Å². The number of nitrogens with two attached hydrogens (primary N) is 1. The lowest BCUT2D eigenvalue weighted by Gasteiger charge is -2.21. The Morgan fingerprint density at radius 1 is 1.00 bits per heavy atom. The highest BCUT2D eigenvalue weighted by molar-refractivity contribution is 5.46. The predicted molar refractivity (Wildman–Crippen MR) is 91.7 cm³/mol. The van der Waals surface area contributed by atoms with Crippen molar-refractivity contribution in [1.82, 2.24) is 0 Å². The molecule has 2 N–H and O–H groups in total. The average molecular weight is 282 g/mol. The minimum absolute atomic E-state index is 0.141. The molecule has 112 valence electrons. The van der Waals surface area contributed by atoms with Crippen molar-refractivity contribution in [2.75, 3.05) is 18.5 Å². The Balaban J connectivity index is 1.79. The van der Waals surface area contributed by atoms with Gasteiger partial charge in [0.05, 0.1) is 0 Å². The molecule has 0 saturated heterocycles. The summed E-state index contributed by atoms with van der Waals surface area (Å²) < 4.78 is 0. The van der Waals surface area contributed by atoms with Crippen molar-refractivity contribution in [1.29, 1.82) is 0 Å². The molecule has 2 rings (SSSR count).